The van der Waals surface area contributed by atoms with Gasteiger partial charge in [0.25, 0.3) is 0 Å². The summed E-state index contributed by atoms with van der Waals surface area (Å²) in [5.41, 5.74) is 0.658. The van der Waals surface area contributed by atoms with Crippen LogP contribution in [0.25, 0.3) is 0 Å². The van der Waals surface area contributed by atoms with Crippen LogP contribution in [0, 0.1) is 0 Å². The predicted octanol–water partition coefficient (Wildman–Crippen LogP) is 3.15. The molecule has 0 radical (unpaired) electrons. The zero-order chi connectivity index (χ0) is 14.2. The van der Waals surface area contributed by atoms with Crippen LogP contribution in [0.5, 0.6) is 5.75 Å². The summed E-state index contributed by atoms with van der Waals surface area (Å²) in [4.78, 5) is 23.4. The molecular weight excluding hydrogens is 310 g/mol. The van der Waals surface area contributed by atoms with E-state index in [-0.39, 0.29) is 16.5 Å². The maximum Gasteiger partial charge on any atom is 0.237 e. The van der Waals surface area contributed by atoms with E-state index in [0.717, 1.165) is 0 Å². The largest absolute Gasteiger partial charge is 0.487 e. The number of nitrogens with one attached hydrogen (secondary N) is 1. The van der Waals surface area contributed by atoms with Gasteiger partial charge in [0.2, 0.25) is 5.91 Å². The van der Waals surface area contributed by atoms with Gasteiger partial charge in [-0.15, -0.1) is 0 Å². The Kier molecular flexibility index (Phi) is 3.67. The van der Waals surface area contributed by atoms with Gasteiger partial charge in [0.15, 0.2) is 5.78 Å². The monoisotopic (exact) mass is 325 g/mol. The Morgan fingerprint density at radius 1 is 1.47 bits per heavy atom. The van der Waals surface area contributed by atoms with Crippen LogP contribution in [0.3, 0.4) is 0 Å². The van der Waals surface area contributed by atoms with Crippen molar-refractivity contribution in [3.05, 3.63) is 23.8 Å². The lowest BCUT2D eigenvalue weighted by Crippen LogP contribution is -2.35. The number of Topliss-reactive ketones (excluding diaryl/α,β-unsaturated/α-hetero) is 1. The van der Waals surface area contributed by atoms with Gasteiger partial charge in [-0.05, 0) is 39.0 Å². The predicted molar refractivity (Wildman–Crippen MR) is 77.1 cm³/mol. The first-order chi connectivity index (χ1) is 8.78. The minimum absolute atomic E-state index is 0.0363. The Morgan fingerprint density at radius 2 is 2.16 bits per heavy atom. The summed E-state index contributed by atoms with van der Waals surface area (Å²) in [6.07, 6.45) is 0.340. The van der Waals surface area contributed by atoms with Crippen molar-refractivity contribution in [3.63, 3.8) is 0 Å². The standard InChI is InChI=1S/C14H16BrNO3/c1-8(15)13(18)16-9-4-5-12-10(6-9)11(17)7-14(2,3)19-12/h4-6,8H,7H2,1-3H3,(H,16,18). The van der Waals surface area contributed by atoms with E-state index in [2.05, 4.69) is 21.2 Å². The number of alkyl halides is 1. The summed E-state index contributed by atoms with van der Waals surface area (Å²) in [5.74, 6) is 0.463. The number of benzene rings is 1. The molecule has 1 aliphatic heterocycles. The van der Waals surface area contributed by atoms with E-state index in [9.17, 15) is 9.59 Å². The summed E-state index contributed by atoms with van der Waals surface area (Å²) in [6.45, 7) is 5.51. The van der Waals surface area contributed by atoms with Crippen molar-refractivity contribution in [2.75, 3.05) is 5.32 Å². The second-order valence-electron chi connectivity index (χ2n) is 5.28. The van der Waals surface area contributed by atoms with Crippen LogP contribution in [0.2, 0.25) is 0 Å². The third kappa shape index (κ3) is 3.15. The van der Waals surface area contributed by atoms with E-state index in [0.29, 0.717) is 23.4 Å². The highest BCUT2D eigenvalue weighted by Gasteiger charge is 2.32. The van der Waals surface area contributed by atoms with E-state index in [4.69, 9.17) is 4.74 Å². The Morgan fingerprint density at radius 3 is 2.79 bits per heavy atom. The second-order valence-corrected chi connectivity index (χ2v) is 6.65. The van der Waals surface area contributed by atoms with Crippen molar-refractivity contribution in [2.45, 2.75) is 37.6 Å². The van der Waals surface area contributed by atoms with Gasteiger partial charge in [-0.25, -0.2) is 0 Å². The Balaban J connectivity index is 2.27. The fourth-order valence-corrected chi connectivity index (χ4v) is 2.09. The molecule has 1 unspecified atom stereocenters. The van der Waals surface area contributed by atoms with Crippen LogP contribution < -0.4 is 10.1 Å². The van der Waals surface area contributed by atoms with E-state index in [1.54, 1.807) is 25.1 Å². The molecule has 1 aromatic rings. The molecule has 0 bridgehead atoms. The van der Waals surface area contributed by atoms with Crippen molar-refractivity contribution in [1.82, 2.24) is 0 Å². The molecule has 1 atom stereocenters. The zero-order valence-corrected chi connectivity index (χ0v) is 12.7. The van der Waals surface area contributed by atoms with Crippen molar-refractivity contribution in [3.8, 4) is 5.75 Å². The average Bonchev–Trinajstić information content (AvgIpc) is 2.28. The van der Waals surface area contributed by atoms with E-state index in [1.165, 1.54) is 0 Å². The minimum atomic E-state index is -0.473. The third-order valence-electron chi connectivity index (χ3n) is 2.88. The molecule has 4 nitrogen and oxygen atoms in total. The molecule has 0 saturated heterocycles. The number of hydrogen-bond donors (Lipinski definition) is 1. The molecule has 1 aliphatic rings. The van der Waals surface area contributed by atoms with E-state index < -0.39 is 5.60 Å². The fourth-order valence-electron chi connectivity index (χ4n) is 1.97. The molecule has 1 amide bonds. The van der Waals surface area contributed by atoms with Gasteiger partial charge in [0.1, 0.15) is 11.4 Å². The lowest BCUT2D eigenvalue weighted by atomic mass is 9.93. The number of anilines is 1. The highest BCUT2D eigenvalue weighted by Crippen LogP contribution is 2.34. The number of halogens is 1. The topological polar surface area (TPSA) is 55.4 Å². The third-order valence-corrected chi connectivity index (χ3v) is 3.30. The quantitative estimate of drug-likeness (QED) is 0.850. The van der Waals surface area contributed by atoms with Crippen molar-refractivity contribution >= 4 is 33.3 Å². The zero-order valence-electron chi connectivity index (χ0n) is 11.1. The van der Waals surface area contributed by atoms with Crippen molar-refractivity contribution in [2.24, 2.45) is 0 Å². The SMILES string of the molecule is CC(Br)C(=O)Nc1ccc2c(c1)C(=O)CC(C)(C)O2. The van der Waals surface area contributed by atoms with E-state index >= 15 is 0 Å². The highest BCUT2D eigenvalue weighted by molar-refractivity contribution is 9.10. The van der Waals surface area contributed by atoms with Crippen LogP contribution in [-0.2, 0) is 4.79 Å². The Hall–Kier alpha value is -1.36. The molecular formula is C14H16BrNO3. The van der Waals surface area contributed by atoms with Gasteiger partial charge in [0, 0.05) is 5.69 Å². The van der Waals surface area contributed by atoms with Gasteiger partial charge in [-0.3, -0.25) is 9.59 Å². The van der Waals surface area contributed by atoms with Gasteiger partial charge in [-0.2, -0.15) is 0 Å². The Labute approximate surface area is 120 Å². The van der Waals surface area contributed by atoms with Gasteiger partial charge in [-0.1, -0.05) is 15.9 Å². The summed E-state index contributed by atoms with van der Waals surface area (Å²) in [6, 6.07) is 5.13. The molecule has 0 saturated carbocycles. The highest BCUT2D eigenvalue weighted by atomic mass is 79.9. The number of rotatable bonds is 2. The van der Waals surface area contributed by atoms with Crippen LogP contribution in [0.4, 0.5) is 5.69 Å². The van der Waals surface area contributed by atoms with Gasteiger partial charge >= 0.3 is 0 Å². The first-order valence-electron chi connectivity index (χ1n) is 6.10. The normalized spacial score (nSPS) is 18.2. The number of ketones is 1. The molecule has 2 rings (SSSR count). The number of amides is 1. The number of carbonyl (C=O) groups excluding carboxylic acids is 2. The van der Waals surface area contributed by atoms with Crippen molar-refractivity contribution in [1.29, 1.82) is 0 Å². The average molecular weight is 326 g/mol. The van der Waals surface area contributed by atoms with Crippen LogP contribution in [-0.4, -0.2) is 22.1 Å². The molecule has 0 aliphatic carbocycles. The molecule has 102 valence electrons. The molecule has 0 spiro atoms. The van der Waals surface area contributed by atoms with Crippen LogP contribution in [0.15, 0.2) is 18.2 Å². The van der Waals surface area contributed by atoms with Gasteiger partial charge in [0.05, 0.1) is 16.8 Å². The summed E-state index contributed by atoms with van der Waals surface area (Å²) in [5, 5.41) is 2.74. The molecule has 1 N–H and O–H groups in total. The molecule has 0 aromatic heterocycles. The summed E-state index contributed by atoms with van der Waals surface area (Å²) in [7, 11) is 0. The Bertz CT molecular complexity index is 537. The molecule has 1 aromatic carbocycles. The van der Waals surface area contributed by atoms with E-state index in [1.807, 2.05) is 13.8 Å². The molecule has 0 fully saturated rings. The maximum atomic E-state index is 12.1. The van der Waals surface area contributed by atoms with Crippen LogP contribution in [0.1, 0.15) is 37.6 Å². The maximum absolute atomic E-state index is 12.1. The lowest BCUT2D eigenvalue weighted by molar-refractivity contribution is -0.115. The number of fused-ring (bicyclic) bond motifs is 1. The fraction of sp³-hybridized carbons (Fsp3) is 0.429. The molecule has 19 heavy (non-hydrogen) atoms. The number of carbonyl (C=O) groups is 2. The second kappa shape index (κ2) is 4.96. The number of hydrogen-bond acceptors (Lipinski definition) is 3. The number of ether oxygens (including phenoxy) is 1. The minimum Gasteiger partial charge on any atom is -0.487 e. The molecule has 5 heteroatoms. The van der Waals surface area contributed by atoms with Gasteiger partial charge < -0.3 is 10.1 Å². The lowest BCUT2D eigenvalue weighted by Gasteiger charge is -2.31. The smallest absolute Gasteiger partial charge is 0.237 e. The van der Waals surface area contributed by atoms with Crippen molar-refractivity contribution < 1.29 is 14.3 Å². The summed E-state index contributed by atoms with van der Waals surface area (Å²) >= 11 is 3.20. The first-order valence-corrected chi connectivity index (χ1v) is 7.01. The summed E-state index contributed by atoms with van der Waals surface area (Å²) < 4.78 is 5.75. The molecule has 1 heterocycles. The van der Waals surface area contributed by atoms with Crippen LogP contribution >= 0.6 is 15.9 Å². The first kappa shape index (κ1) is 14.1.